The predicted molar refractivity (Wildman–Crippen MR) is 90.5 cm³/mol. The lowest BCUT2D eigenvalue weighted by molar-refractivity contribution is 0.0821. The van der Waals surface area contributed by atoms with Gasteiger partial charge in [0.25, 0.3) is 5.91 Å². The molecule has 0 radical (unpaired) electrons. The fraction of sp³-hybridized carbons (Fsp3) is 0.222. The second-order valence-electron chi connectivity index (χ2n) is 5.70. The van der Waals surface area contributed by atoms with Gasteiger partial charge in [-0.05, 0) is 23.1 Å². The highest BCUT2D eigenvalue weighted by Crippen LogP contribution is 2.23. The number of nitrogens with one attached hydrogen (secondary N) is 1. The van der Waals surface area contributed by atoms with E-state index in [-0.39, 0.29) is 11.8 Å². The monoisotopic (exact) mass is 311 g/mol. The van der Waals surface area contributed by atoms with Crippen LogP contribution in [-0.4, -0.2) is 23.5 Å². The lowest BCUT2D eigenvalue weighted by atomic mass is 9.99. The number of rotatable bonds is 4. The van der Waals surface area contributed by atoms with Crippen LogP contribution in [0, 0.1) is 5.92 Å². The van der Waals surface area contributed by atoms with E-state index in [0.717, 1.165) is 16.1 Å². The van der Waals surface area contributed by atoms with E-state index in [4.69, 9.17) is 5.73 Å². The Morgan fingerprint density at radius 2 is 1.65 bits per heavy atom. The van der Waals surface area contributed by atoms with Crippen LogP contribution in [0.25, 0.3) is 11.1 Å². The molecule has 0 aromatic heterocycles. The summed E-state index contributed by atoms with van der Waals surface area (Å²) >= 11 is 0. The quantitative estimate of drug-likeness (QED) is 0.852. The van der Waals surface area contributed by atoms with E-state index in [2.05, 4.69) is 5.43 Å². The zero-order valence-corrected chi connectivity index (χ0v) is 13.3. The van der Waals surface area contributed by atoms with E-state index in [1.807, 2.05) is 56.3 Å². The number of primary amides is 1. The second kappa shape index (κ2) is 7.45. The molecular formula is C18H21N3O2. The van der Waals surface area contributed by atoms with Crippen LogP contribution in [0.2, 0.25) is 0 Å². The Kier molecular flexibility index (Phi) is 5.36. The Hall–Kier alpha value is -2.82. The maximum absolute atomic E-state index is 12.6. The van der Waals surface area contributed by atoms with E-state index >= 15 is 0 Å². The molecule has 0 heterocycles. The molecule has 0 aliphatic rings. The number of nitrogens with two attached hydrogens (primary N) is 1. The van der Waals surface area contributed by atoms with E-state index in [9.17, 15) is 9.59 Å². The molecule has 2 aromatic rings. The third kappa shape index (κ3) is 4.32. The van der Waals surface area contributed by atoms with Gasteiger partial charge in [-0.2, -0.15) is 0 Å². The molecule has 3 N–H and O–H groups in total. The van der Waals surface area contributed by atoms with Gasteiger partial charge in [-0.15, -0.1) is 0 Å². The number of amides is 3. The zero-order valence-electron chi connectivity index (χ0n) is 13.3. The molecule has 0 fully saturated rings. The van der Waals surface area contributed by atoms with Crippen molar-refractivity contribution in [2.45, 2.75) is 13.8 Å². The van der Waals surface area contributed by atoms with Crippen LogP contribution < -0.4 is 11.2 Å². The molecule has 2 rings (SSSR count). The van der Waals surface area contributed by atoms with Gasteiger partial charge in [0.15, 0.2) is 0 Å². The number of hydrogen-bond acceptors (Lipinski definition) is 2. The summed E-state index contributed by atoms with van der Waals surface area (Å²) in [4.78, 5) is 24.1. The van der Waals surface area contributed by atoms with Crippen molar-refractivity contribution in [3.63, 3.8) is 0 Å². The van der Waals surface area contributed by atoms with Crippen molar-refractivity contribution >= 4 is 11.9 Å². The first-order valence-corrected chi connectivity index (χ1v) is 7.51. The summed E-state index contributed by atoms with van der Waals surface area (Å²) in [6.07, 6.45) is 0. The SMILES string of the molecule is CC(C)CN(NC(=O)c1ccccc1-c1ccccc1)C(N)=O. The standard InChI is InChI=1S/C18H21N3O2/c1-13(2)12-21(18(19)23)20-17(22)16-11-7-6-10-15(16)14-8-4-3-5-9-14/h3-11,13H,12H2,1-2H3,(H2,19,23)(H,20,22). The summed E-state index contributed by atoms with van der Waals surface area (Å²) in [6, 6.07) is 16.2. The third-order valence-corrected chi connectivity index (χ3v) is 3.31. The summed E-state index contributed by atoms with van der Waals surface area (Å²) in [5.41, 5.74) is 10.2. The van der Waals surface area contributed by atoms with Crippen LogP contribution in [0.3, 0.4) is 0 Å². The van der Waals surface area contributed by atoms with Gasteiger partial charge in [-0.25, -0.2) is 9.80 Å². The molecule has 3 amide bonds. The van der Waals surface area contributed by atoms with E-state index in [0.29, 0.717) is 12.1 Å². The predicted octanol–water partition coefficient (Wildman–Crippen LogP) is 3.04. The first kappa shape index (κ1) is 16.5. The Morgan fingerprint density at radius 1 is 1.04 bits per heavy atom. The van der Waals surface area contributed by atoms with Gasteiger partial charge in [0.1, 0.15) is 0 Å². The van der Waals surface area contributed by atoms with Crippen molar-refractivity contribution < 1.29 is 9.59 Å². The molecule has 0 aliphatic carbocycles. The molecule has 0 bridgehead atoms. The number of carbonyl (C=O) groups excluding carboxylic acids is 2. The van der Waals surface area contributed by atoms with Crippen molar-refractivity contribution in [2.75, 3.05) is 6.54 Å². The summed E-state index contributed by atoms with van der Waals surface area (Å²) in [5.74, 6) is -0.170. The molecule has 0 saturated carbocycles. The Morgan fingerprint density at radius 3 is 2.26 bits per heavy atom. The molecule has 23 heavy (non-hydrogen) atoms. The van der Waals surface area contributed by atoms with Crippen molar-refractivity contribution in [3.8, 4) is 11.1 Å². The second-order valence-corrected chi connectivity index (χ2v) is 5.70. The fourth-order valence-corrected chi connectivity index (χ4v) is 2.29. The summed E-state index contributed by atoms with van der Waals surface area (Å²) < 4.78 is 0. The fourth-order valence-electron chi connectivity index (χ4n) is 2.29. The highest BCUT2D eigenvalue weighted by Gasteiger charge is 2.18. The lowest BCUT2D eigenvalue weighted by Gasteiger charge is -2.23. The smallest absolute Gasteiger partial charge is 0.333 e. The number of hydrazine groups is 1. The molecule has 2 aromatic carbocycles. The molecule has 0 spiro atoms. The summed E-state index contributed by atoms with van der Waals surface area (Å²) in [6.45, 7) is 4.24. The van der Waals surface area contributed by atoms with Gasteiger partial charge in [0.05, 0.1) is 0 Å². The molecular weight excluding hydrogens is 290 g/mol. The molecule has 5 nitrogen and oxygen atoms in total. The summed E-state index contributed by atoms with van der Waals surface area (Å²) in [5, 5.41) is 1.15. The third-order valence-electron chi connectivity index (χ3n) is 3.31. The largest absolute Gasteiger partial charge is 0.350 e. The van der Waals surface area contributed by atoms with Crippen molar-refractivity contribution in [3.05, 3.63) is 60.2 Å². The number of nitrogens with zero attached hydrogens (tertiary/aromatic N) is 1. The van der Waals surface area contributed by atoms with Gasteiger partial charge < -0.3 is 5.73 Å². The maximum atomic E-state index is 12.6. The molecule has 120 valence electrons. The zero-order chi connectivity index (χ0) is 16.8. The first-order chi connectivity index (χ1) is 11.0. The van der Waals surface area contributed by atoms with Crippen molar-refractivity contribution in [1.82, 2.24) is 10.4 Å². The normalized spacial score (nSPS) is 10.4. The molecule has 0 atom stereocenters. The number of urea groups is 1. The Balaban J connectivity index is 2.28. The van der Waals surface area contributed by atoms with Crippen LogP contribution >= 0.6 is 0 Å². The topological polar surface area (TPSA) is 75.4 Å². The number of hydrogen-bond donors (Lipinski definition) is 2. The van der Waals surface area contributed by atoms with Crippen LogP contribution in [0.5, 0.6) is 0 Å². The molecule has 0 unspecified atom stereocenters. The minimum absolute atomic E-state index is 0.187. The van der Waals surface area contributed by atoms with Crippen LogP contribution in [0.1, 0.15) is 24.2 Å². The van der Waals surface area contributed by atoms with Gasteiger partial charge in [-0.3, -0.25) is 10.2 Å². The van der Waals surface area contributed by atoms with Gasteiger partial charge >= 0.3 is 6.03 Å². The van der Waals surface area contributed by atoms with E-state index in [1.165, 1.54) is 0 Å². The highest BCUT2D eigenvalue weighted by molar-refractivity contribution is 6.01. The lowest BCUT2D eigenvalue weighted by Crippen LogP contribution is -2.50. The molecule has 5 heteroatoms. The minimum atomic E-state index is -0.677. The van der Waals surface area contributed by atoms with Crippen LogP contribution in [0.4, 0.5) is 4.79 Å². The first-order valence-electron chi connectivity index (χ1n) is 7.51. The number of benzene rings is 2. The minimum Gasteiger partial charge on any atom is -0.350 e. The van der Waals surface area contributed by atoms with Crippen molar-refractivity contribution in [2.24, 2.45) is 11.7 Å². The van der Waals surface area contributed by atoms with Gasteiger partial charge in [0, 0.05) is 12.1 Å². The Bertz CT molecular complexity index is 684. The van der Waals surface area contributed by atoms with Gasteiger partial charge in [0.2, 0.25) is 0 Å². The number of carbonyl (C=O) groups is 2. The average Bonchev–Trinajstić information content (AvgIpc) is 2.54. The Labute approximate surface area is 136 Å². The molecule has 0 aliphatic heterocycles. The highest BCUT2D eigenvalue weighted by atomic mass is 16.2. The average molecular weight is 311 g/mol. The van der Waals surface area contributed by atoms with E-state index < -0.39 is 6.03 Å². The van der Waals surface area contributed by atoms with Crippen LogP contribution in [0.15, 0.2) is 54.6 Å². The van der Waals surface area contributed by atoms with E-state index in [1.54, 1.807) is 12.1 Å². The van der Waals surface area contributed by atoms with Crippen molar-refractivity contribution in [1.29, 1.82) is 0 Å². The van der Waals surface area contributed by atoms with Crippen LogP contribution in [-0.2, 0) is 0 Å². The summed E-state index contributed by atoms with van der Waals surface area (Å²) in [7, 11) is 0. The maximum Gasteiger partial charge on any atom is 0.333 e. The van der Waals surface area contributed by atoms with Gasteiger partial charge in [-0.1, -0.05) is 62.4 Å². The molecule has 0 saturated heterocycles.